The number of para-hydroxylation sites is 1. The van der Waals surface area contributed by atoms with Crippen LogP contribution in [0.1, 0.15) is 49.1 Å². The zero-order valence-corrected chi connectivity index (χ0v) is 27.1. The van der Waals surface area contributed by atoms with Crippen molar-refractivity contribution in [1.29, 1.82) is 0 Å². The van der Waals surface area contributed by atoms with Crippen molar-refractivity contribution < 1.29 is 9.59 Å². The molecule has 6 heteroatoms. The maximum Gasteiger partial charge on any atom is 0.260 e. The summed E-state index contributed by atoms with van der Waals surface area (Å²) in [4.78, 5) is 35.6. The van der Waals surface area contributed by atoms with E-state index in [1.165, 1.54) is 0 Å². The third-order valence-corrected chi connectivity index (χ3v) is 8.53. The van der Waals surface area contributed by atoms with Crippen LogP contribution in [0.25, 0.3) is 16.8 Å². The Bertz CT molecular complexity index is 1750. The standard InChI is InChI=1S/C40H42N4O2/c1-40(2,3)41-38(45)37(31-20-12-7-13-21-31)44-34-23-15-14-22-32(34)36(39(44)46)33(29-16-8-5-9-17-29)28-35(30-18-10-6-11-19-30)43-26-24-42(4)25-27-43/h5-23,28,37H,24-27H2,1-4H3,(H,41,45)/b35-28+,36-33+. The van der Waals surface area contributed by atoms with Crippen molar-refractivity contribution >= 4 is 34.3 Å². The highest BCUT2D eigenvalue weighted by molar-refractivity contribution is 6.39. The van der Waals surface area contributed by atoms with Crippen LogP contribution in [0.4, 0.5) is 5.69 Å². The molecule has 1 fully saturated rings. The lowest BCUT2D eigenvalue weighted by molar-refractivity contribution is -0.126. The SMILES string of the molecule is CN1CCN(/C(=C/C(=C2\C(=O)N(C(C(=O)NC(C)(C)C)c3ccccc3)c3ccccc32)c2ccccc2)c2ccccc2)CC1. The highest BCUT2D eigenvalue weighted by Gasteiger charge is 2.42. The van der Waals surface area contributed by atoms with Crippen molar-refractivity contribution in [2.45, 2.75) is 32.4 Å². The highest BCUT2D eigenvalue weighted by atomic mass is 16.2. The van der Waals surface area contributed by atoms with Crippen LogP contribution in [-0.2, 0) is 9.59 Å². The number of anilines is 1. The van der Waals surface area contributed by atoms with Crippen molar-refractivity contribution in [1.82, 2.24) is 15.1 Å². The highest BCUT2D eigenvalue weighted by Crippen LogP contribution is 2.46. The van der Waals surface area contributed by atoms with E-state index in [2.05, 4.69) is 64.6 Å². The molecule has 1 saturated heterocycles. The van der Waals surface area contributed by atoms with Gasteiger partial charge in [0.2, 0.25) is 5.91 Å². The van der Waals surface area contributed by atoms with Crippen LogP contribution in [0.5, 0.6) is 0 Å². The van der Waals surface area contributed by atoms with E-state index in [9.17, 15) is 4.79 Å². The second-order valence-corrected chi connectivity index (χ2v) is 13.1. The van der Waals surface area contributed by atoms with Crippen LogP contribution < -0.4 is 10.2 Å². The molecule has 2 aliphatic heterocycles. The fourth-order valence-electron chi connectivity index (χ4n) is 6.32. The van der Waals surface area contributed by atoms with E-state index in [1.54, 1.807) is 4.90 Å². The molecule has 1 atom stereocenters. The van der Waals surface area contributed by atoms with E-state index < -0.39 is 11.6 Å². The van der Waals surface area contributed by atoms with Crippen LogP contribution in [-0.4, -0.2) is 60.4 Å². The number of fused-ring (bicyclic) bond motifs is 1. The molecule has 0 bridgehead atoms. The molecule has 2 amide bonds. The molecular formula is C40H42N4O2. The topological polar surface area (TPSA) is 55.9 Å². The zero-order chi connectivity index (χ0) is 32.3. The molecule has 0 spiro atoms. The van der Waals surface area contributed by atoms with Gasteiger partial charge in [-0.15, -0.1) is 0 Å². The third-order valence-electron chi connectivity index (χ3n) is 8.53. The Morgan fingerprint density at radius 2 is 1.28 bits per heavy atom. The molecule has 0 aromatic heterocycles. The fourth-order valence-corrected chi connectivity index (χ4v) is 6.32. The van der Waals surface area contributed by atoms with Gasteiger partial charge in [-0.25, -0.2) is 0 Å². The number of carbonyl (C=O) groups excluding carboxylic acids is 2. The number of benzene rings is 4. The maximum absolute atomic E-state index is 15.0. The molecule has 4 aromatic carbocycles. The Hall–Kier alpha value is -4.94. The minimum absolute atomic E-state index is 0.194. The Balaban J connectivity index is 1.59. The van der Waals surface area contributed by atoms with Gasteiger partial charge < -0.3 is 15.1 Å². The fraction of sp³-hybridized carbons (Fsp3) is 0.250. The maximum atomic E-state index is 15.0. The molecule has 1 N–H and O–H groups in total. The first kappa shape index (κ1) is 31.1. The van der Waals surface area contributed by atoms with Gasteiger partial charge >= 0.3 is 0 Å². The number of allylic oxidation sites excluding steroid dienone is 2. The third kappa shape index (κ3) is 6.53. The lowest BCUT2D eigenvalue weighted by atomic mass is 9.93. The molecule has 46 heavy (non-hydrogen) atoms. The van der Waals surface area contributed by atoms with E-state index in [-0.39, 0.29) is 11.8 Å². The Kier molecular flexibility index (Phi) is 8.91. The summed E-state index contributed by atoms with van der Waals surface area (Å²) < 4.78 is 0. The van der Waals surface area contributed by atoms with Crippen LogP contribution in [0.2, 0.25) is 0 Å². The summed E-state index contributed by atoms with van der Waals surface area (Å²) in [5.74, 6) is -0.415. The molecule has 4 aromatic rings. The normalized spacial score (nSPS) is 17.5. The molecule has 1 unspecified atom stereocenters. The number of amides is 2. The second kappa shape index (κ2) is 13.2. The van der Waals surface area contributed by atoms with E-state index >= 15 is 4.79 Å². The smallest absolute Gasteiger partial charge is 0.260 e. The molecule has 6 rings (SSSR count). The van der Waals surface area contributed by atoms with Gasteiger partial charge in [-0.2, -0.15) is 0 Å². The Morgan fingerprint density at radius 1 is 0.739 bits per heavy atom. The minimum Gasteiger partial charge on any atom is -0.368 e. The largest absolute Gasteiger partial charge is 0.368 e. The number of rotatable bonds is 7. The first-order valence-corrected chi connectivity index (χ1v) is 16.0. The first-order chi connectivity index (χ1) is 22.2. The monoisotopic (exact) mass is 610 g/mol. The van der Waals surface area contributed by atoms with Crippen molar-refractivity contribution in [3.05, 3.63) is 144 Å². The average molecular weight is 611 g/mol. The predicted molar refractivity (Wildman–Crippen MR) is 188 cm³/mol. The Morgan fingerprint density at radius 3 is 1.89 bits per heavy atom. The van der Waals surface area contributed by atoms with Gasteiger partial charge in [0.15, 0.2) is 0 Å². The van der Waals surface area contributed by atoms with Gasteiger partial charge in [0.1, 0.15) is 6.04 Å². The average Bonchev–Trinajstić information content (AvgIpc) is 3.34. The van der Waals surface area contributed by atoms with Crippen LogP contribution >= 0.6 is 0 Å². The lowest BCUT2D eigenvalue weighted by Gasteiger charge is -2.36. The molecule has 0 aliphatic carbocycles. The quantitative estimate of drug-likeness (QED) is 0.232. The molecule has 0 radical (unpaired) electrons. The number of hydrogen-bond acceptors (Lipinski definition) is 4. The second-order valence-electron chi connectivity index (χ2n) is 13.1. The van der Waals surface area contributed by atoms with Crippen LogP contribution in [0, 0.1) is 0 Å². The van der Waals surface area contributed by atoms with Crippen molar-refractivity contribution in [3.63, 3.8) is 0 Å². The predicted octanol–water partition coefficient (Wildman–Crippen LogP) is 6.89. The van der Waals surface area contributed by atoms with Crippen LogP contribution in [0.15, 0.2) is 121 Å². The van der Waals surface area contributed by atoms with E-state index in [1.807, 2.05) is 99.6 Å². The number of likely N-dealkylation sites (N-methyl/N-ethyl adjacent to an activating group) is 1. The zero-order valence-electron chi connectivity index (χ0n) is 27.1. The summed E-state index contributed by atoms with van der Waals surface area (Å²) in [6.45, 7) is 9.55. The van der Waals surface area contributed by atoms with Crippen molar-refractivity contribution in [2.24, 2.45) is 0 Å². The minimum atomic E-state index is -0.848. The summed E-state index contributed by atoms with van der Waals surface area (Å²) in [5.41, 5.74) is 6.37. The molecule has 2 heterocycles. The number of nitrogens with one attached hydrogen (secondary N) is 1. The van der Waals surface area contributed by atoms with Crippen LogP contribution in [0.3, 0.4) is 0 Å². The number of piperazine rings is 1. The summed E-state index contributed by atoms with van der Waals surface area (Å²) in [6.07, 6.45) is 2.19. The summed E-state index contributed by atoms with van der Waals surface area (Å²) >= 11 is 0. The molecule has 2 aliphatic rings. The van der Waals surface area contributed by atoms with E-state index in [0.29, 0.717) is 5.57 Å². The molecular weight excluding hydrogens is 568 g/mol. The van der Waals surface area contributed by atoms with Gasteiger partial charge in [0, 0.05) is 43.0 Å². The van der Waals surface area contributed by atoms with Crippen molar-refractivity contribution in [2.75, 3.05) is 38.1 Å². The summed E-state index contributed by atoms with van der Waals surface area (Å²) in [5, 5.41) is 3.15. The first-order valence-electron chi connectivity index (χ1n) is 16.0. The lowest BCUT2D eigenvalue weighted by Crippen LogP contribution is -2.48. The summed E-state index contributed by atoms with van der Waals surface area (Å²) in [6, 6.07) is 37.1. The number of carbonyl (C=O) groups is 2. The van der Waals surface area contributed by atoms with Gasteiger partial charge in [-0.05, 0) is 62.2 Å². The molecule has 234 valence electrons. The summed E-state index contributed by atoms with van der Waals surface area (Å²) in [7, 11) is 2.16. The number of hydrogen-bond donors (Lipinski definition) is 1. The van der Waals surface area contributed by atoms with E-state index in [4.69, 9.17) is 0 Å². The van der Waals surface area contributed by atoms with Crippen molar-refractivity contribution in [3.8, 4) is 0 Å². The number of nitrogens with zero attached hydrogens (tertiary/aromatic N) is 3. The van der Waals surface area contributed by atoms with E-state index in [0.717, 1.165) is 65.4 Å². The van der Waals surface area contributed by atoms with Gasteiger partial charge in [0.05, 0.1) is 11.3 Å². The van der Waals surface area contributed by atoms with Gasteiger partial charge in [-0.1, -0.05) is 109 Å². The van der Waals surface area contributed by atoms with Gasteiger partial charge in [0.25, 0.3) is 5.91 Å². The Labute approximate surface area is 272 Å². The molecule has 0 saturated carbocycles. The molecule has 6 nitrogen and oxygen atoms in total. The van der Waals surface area contributed by atoms with Gasteiger partial charge in [-0.3, -0.25) is 14.5 Å².